The van der Waals surface area contributed by atoms with Crippen LogP contribution in [0, 0.1) is 12.8 Å². The van der Waals surface area contributed by atoms with Gasteiger partial charge < -0.3 is 10.2 Å². The number of phenols is 2. The van der Waals surface area contributed by atoms with Crippen LogP contribution in [-0.2, 0) is 12.8 Å². The van der Waals surface area contributed by atoms with Gasteiger partial charge in [-0.15, -0.1) is 0 Å². The Kier molecular flexibility index (Phi) is 3.88. The molecule has 2 heteroatoms. The summed E-state index contributed by atoms with van der Waals surface area (Å²) in [4.78, 5) is 0. The Morgan fingerprint density at radius 1 is 0.778 bits per heavy atom. The number of hydrogen-bond donors (Lipinski definition) is 2. The fraction of sp³-hybridized carbons (Fsp3) is 0.188. The summed E-state index contributed by atoms with van der Waals surface area (Å²) in [6, 6.07) is 14.6. The lowest BCUT2D eigenvalue weighted by atomic mass is 9.93. The van der Waals surface area contributed by atoms with E-state index in [0.717, 1.165) is 11.1 Å². The fourth-order valence-electron chi connectivity index (χ4n) is 2.06. The van der Waals surface area contributed by atoms with Crippen LogP contribution in [0.25, 0.3) is 0 Å². The van der Waals surface area contributed by atoms with Gasteiger partial charge in [0.2, 0.25) is 0 Å². The summed E-state index contributed by atoms with van der Waals surface area (Å²) in [5.41, 5.74) is 1.79. The number of rotatable bonds is 4. The molecule has 0 aliphatic carbocycles. The molecule has 1 radical (unpaired) electrons. The normalized spacial score (nSPS) is 10.8. The van der Waals surface area contributed by atoms with Crippen LogP contribution in [0.15, 0.2) is 48.5 Å². The maximum Gasteiger partial charge on any atom is 0.118 e. The molecule has 2 aromatic rings. The van der Waals surface area contributed by atoms with Crippen molar-refractivity contribution < 1.29 is 10.2 Å². The Morgan fingerprint density at radius 2 is 1.17 bits per heavy atom. The van der Waals surface area contributed by atoms with Crippen LogP contribution in [0.4, 0.5) is 0 Å². The fourth-order valence-corrected chi connectivity index (χ4v) is 2.06. The van der Waals surface area contributed by atoms with E-state index < -0.39 is 0 Å². The predicted octanol–water partition coefficient (Wildman–Crippen LogP) is 3.33. The number of benzene rings is 2. The third-order valence-corrected chi connectivity index (χ3v) is 3.00. The molecule has 0 aliphatic heterocycles. The zero-order chi connectivity index (χ0) is 13.0. The van der Waals surface area contributed by atoms with Gasteiger partial charge >= 0.3 is 0 Å². The highest BCUT2D eigenvalue weighted by molar-refractivity contribution is 5.34. The van der Waals surface area contributed by atoms with Crippen LogP contribution in [0.2, 0.25) is 0 Å². The molecule has 0 aromatic heterocycles. The number of aromatic hydroxyl groups is 2. The lowest BCUT2D eigenvalue weighted by Crippen LogP contribution is -2.04. The molecule has 93 valence electrons. The van der Waals surface area contributed by atoms with Gasteiger partial charge in [-0.2, -0.15) is 0 Å². The van der Waals surface area contributed by atoms with Crippen molar-refractivity contribution in [3.8, 4) is 11.5 Å². The first-order valence-corrected chi connectivity index (χ1v) is 6.03. The van der Waals surface area contributed by atoms with Gasteiger partial charge in [0.15, 0.2) is 0 Å². The lowest BCUT2D eigenvalue weighted by Gasteiger charge is -2.13. The molecule has 0 amide bonds. The van der Waals surface area contributed by atoms with Gasteiger partial charge in [0, 0.05) is 0 Å². The quantitative estimate of drug-likeness (QED) is 0.862. The molecule has 0 atom stereocenters. The number of para-hydroxylation sites is 2. The molecule has 0 spiro atoms. The van der Waals surface area contributed by atoms with E-state index in [0.29, 0.717) is 24.3 Å². The predicted molar refractivity (Wildman–Crippen MR) is 72.5 cm³/mol. The molecule has 2 aromatic carbocycles. The van der Waals surface area contributed by atoms with E-state index in [1.165, 1.54) is 0 Å². The third-order valence-electron chi connectivity index (χ3n) is 3.00. The highest BCUT2D eigenvalue weighted by Gasteiger charge is 2.10. The monoisotopic (exact) mass is 241 g/mol. The highest BCUT2D eigenvalue weighted by Crippen LogP contribution is 2.24. The lowest BCUT2D eigenvalue weighted by molar-refractivity contribution is 0.455. The Bertz CT molecular complexity index is 473. The van der Waals surface area contributed by atoms with Gasteiger partial charge in [0.1, 0.15) is 11.5 Å². The van der Waals surface area contributed by atoms with E-state index in [-0.39, 0.29) is 5.92 Å². The molecule has 0 heterocycles. The van der Waals surface area contributed by atoms with Gasteiger partial charge in [0.05, 0.1) is 0 Å². The molecule has 0 aliphatic rings. The van der Waals surface area contributed by atoms with Crippen molar-refractivity contribution >= 4 is 0 Å². The van der Waals surface area contributed by atoms with Gasteiger partial charge in [-0.1, -0.05) is 36.4 Å². The van der Waals surface area contributed by atoms with E-state index in [2.05, 4.69) is 6.92 Å². The minimum absolute atomic E-state index is 0.117. The van der Waals surface area contributed by atoms with Crippen LogP contribution in [0.5, 0.6) is 11.5 Å². The van der Waals surface area contributed by atoms with Crippen LogP contribution >= 0.6 is 0 Å². The van der Waals surface area contributed by atoms with Gasteiger partial charge in [-0.25, -0.2) is 0 Å². The molecule has 0 fully saturated rings. The maximum absolute atomic E-state index is 9.70. The largest absolute Gasteiger partial charge is 0.508 e. The Balaban J connectivity index is 2.04. The summed E-state index contributed by atoms with van der Waals surface area (Å²) < 4.78 is 0. The first-order valence-electron chi connectivity index (χ1n) is 6.03. The second-order valence-electron chi connectivity index (χ2n) is 4.53. The number of hydrogen-bond acceptors (Lipinski definition) is 2. The van der Waals surface area contributed by atoms with E-state index in [4.69, 9.17) is 0 Å². The SMILES string of the molecule is [CH2]C(Cc1ccccc1O)Cc1ccccc1O. The minimum atomic E-state index is 0.117. The van der Waals surface area contributed by atoms with Crippen molar-refractivity contribution in [2.45, 2.75) is 12.8 Å². The third kappa shape index (κ3) is 3.04. The molecule has 2 N–H and O–H groups in total. The first kappa shape index (κ1) is 12.5. The number of phenolic OH excluding ortho intramolecular Hbond substituents is 2. The molecule has 2 rings (SSSR count). The van der Waals surface area contributed by atoms with Gasteiger partial charge in [0.25, 0.3) is 0 Å². The molecular formula is C16H17O2. The van der Waals surface area contributed by atoms with E-state index >= 15 is 0 Å². The van der Waals surface area contributed by atoms with E-state index in [1.54, 1.807) is 24.3 Å². The smallest absolute Gasteiger partial charge is 0.118 e. The summed E-state index contributed by atoms with van der Waals surface area (Å²) >= 11 is 0. The van der Waals surface area contributed by atoms with Crippen LogP contribution in [-0.4, -0.2) is 10.2 Å². The summed E-state index contributed by atoms with van der Waals surface area (Å²) in [6.45, 7) is 4.09. The molecule has 18 heavy (non-hydrogen) atoms. The van der Waals surface area contributed by atoms with Crippen molar-refractivity contribution in [2.75, 3.05) is 0 Å². The molecule has 0 saturated heterocycles. The average Bonchev–Trinajstić information content (AvgIpc) is 2.35. The minimum Gasteiger partial charge on any atom is -0.508 e. The zero-order valence-electron chi connectivity index (χ0n) is 10.2. The van der Waals surface area contributed by atoms with Crippen molar-refractivity contribution in [1.29, 1.82) is 0 Å². The van der Waals surface area contributed by atoms with Crippen LogP contribution < -0.4 is 0 Å². The van der Waals surface area contributed by atoms with E-state index in [9.17, 15) is 10.2 Å². The Morgan fingerprint density at radius 3 is 1.56 bits per heavy atom. The first-order chi connectivity index (χ1) is 8.66. The van der Waals surface area contributed by atoms with Gasteiger partial charge in [-0.3, -0.25) is 0 Å². The van der Waals surface area contributed by atoms with Crippen molar-refractivity contribution in [1.82, 2.24) is 0 Å². The van der Waals surface area contributed by atoms with Crippen molar-refractivity contribution in [2.24, 2.45) is 5.92 Å². The molecule has 0 bridgehead atoms. The summed E-state index contributed by atoms with van der Waals surface area (Å²) in [5, 5.41) is 19.4. The summed E-state index contributed by atoms with van der Waals surface area (Å²) in [5.74, 6) is 0.735. The second kappa shape index (κ2) is 5.58. The Labute approximate surface area is 108 Å². The topological polar surface area (TPSA) is 40.5 Å². The van der Waals surface area contributed by atoms with Crippen LogP contribution in [0.3, 0.4) is 0 Å². The molecule has 2 nitrogen and oxygen atoms in total. The average molecular weight is 241 g/mol. The van der Waals surface area contributed by atoms with Crippen LogP contribution in [0.1, 0.15) is 11.1 Å². The molecule has 0 unspecified atom stereocenters. The Hall–Kier alpha value is -1.96. The standard InChI is InChI=1S/C16H17O2/c1-12(10-13-6-2-4-8-15(13)17)11-14-7-3-5-9-16(14)18/h2-9,12,17-18H,1,10-11H2. The second-order valence-corrected chi connectivity index (χ2v) is 4.53. The molecule has 0 saturated carbocycles. The van der Waals surface area contributed by atoms with Gasteiger partial charge in [-0.05, 0) is 48.9 Å². The highest BCUT2D eigenvalue weighted by atomic mass is 16.3. The summed E-state index contributed by atoms with van der Waals surface area (Å²) in [7, 11) is 0. The molecular weight excluding hydrogens is 224 g/mol. The van der Waals surface area contributed by atoms with Crippen molar-refractivity contribution in [3.05, 3.63) is 66.6 Å². The zero-order valence-corrected chi connectivity index (χ0v) is 10.2. The summed E-state index contributed by atoms with van der Waals surface area (Å²) in [6.07, 6.45) is 1.39. The van der Waals surface area contributed by atoms with E-state index in [1.807, 2.05) is 24.3 Å². The maximum atomic E-state index is 9.70. The van der Waals surface area contributed by atoms with Crippen molar-refractivity contribution in [3.63, 3.8) is 0 Å².